The second-order valence-electron chi connectivity index (χ2n) is 15.5. The van der Waals surface area contributed by atoms with Gasteiger partial charge in [-0.3, -0.25) is 0 Å². The lowest BCUT2D eigenvalue weighted by Crippen LogP contribution is -2.26. The average Bonchev–Trinajstić information content (AvgIpc) is 4.00. The highest BCUT2D eigenvalue weighted by atomic mass is 16.3. The molecule has 3 aliphatic rings. The van der Waals surface area contributed by atoms with Crippen molar-refractivity contribution in [1.29, 1.82) is 0 Å². The molecule has 0 saturated heterocycles. The van der Waals surface area contributed by atoms with Crippen molar-refractivity contribution >= 4 is 66.5 Å². The first kappa shape index (κ1) is 31.4. The number of nitrogens with zero attached hydrogens (tertiary/aromatic N) is 2. The zero-order chi connectivity index (χ0) is 38.0. The molecule has 0 aliphatic heterocycles. The molecule has 268 valence electrons. The summed E-state index contributed by atoms with van der Waals surface area (Å²) in [6, 6.07) is 64.6. The molecule has 3 heteroatoms. The van der Waals surface area contributed by atoms with Crippen molar-refractivity contribution in [2.24, 2.45) is 0 Å². The first-order valence-electron chi connectivity index (χ1n) is 19.8. The Morgan fingerprint density at radius 2 is 0.983 bits per heavy atom. The zero-order valence-electron chi connectivity index (χ0n) is 31.3. The lowest BCUT2D eigenvalue weighted by Gasteiger charge is -2.32. The van der Waals surface area contributed by atoms with Crippen LogP contribution < -0.4 is 4.90 Å². The number of fused-ring (bicyclic) bond motifs is 16. The molecular weight excluding hydrogens is 705 g/mol. The predicted octanol–water partition coefficient (Wildman–Crippen LogP) is 14.2. The Bertz CT molecular complexity index is 3500. The number of benzene rings is 8. The van der Waals surface area contributed by atoms with Gasteiger partial charge in [0.1, 0.15) is 11.2 Å². The number of hydrogen-bond donors (Lipinski definition) is 0. The third-order valence-electron chi connectivity index (χ3n) is 12.7. The third-order valence-corrected chi connectivity index (χ3v) is 12.7. The summed E-state index contributed by atoms with van der Waals surface area (Å²) >= 11 is 0. The van der Waals surface area contributed by atoms with Crippen LogP contribution in [-0.2, 0) is 5.41 Å². The fraction of sp³-hybridized carbons (Fsp3) is 0.0182. The molecule has 3 aliphatic carbocycles. The maximum absolute atomic E-state index is 6.54. The highest BCUT2D eigenvalue weighted by Crippen LogP contribution is 2.63. The van der Waals surface area contributed by atoms with Crippen LogP contribution in [-0.4, -0.2) is 4.57 Å². The summed E-state index contributed by atoms with van der Waals surface area (Å²) in [4.78, 5) is 2.41. The predicted molar refractivity (Wildman–Crippen MR) is 238 cm³/mol. The quantitative estimate of drug-likeness (QED) is 0.168. The van der Waals surface area contributed by atoms with Crippen LogP contribution in [0.4, 0.5) is 17.1 Å². The highest BCUT2D eigenvalue weighted by molar-refractivity contribution is 6.12. The van der Waals surface area contributed by atoms with E-state index in [1.54, 1.807) is 0 Å². The second kappa shape index (κ2) is 11.6. The molecule has 58 heavy (non-hydrogen) atoms. The maximum atomic E-state index is 6.54. The summed E-state index contributed by atoms with van der Waals surface area (Å²) in [5.41, 5.74) is 24.5. The summed E-state index contributed by atoms with van der Waals surface area (Å²) in [5.74, 6) is 0. The summed E-state index contributed by atoms with van der Waals surface area (Å²) in [6.45, 7) is 0. The van der Waals surface area contributed by atoms with E-state index in [1.807, 2.05) is 24.3 Å². The van der Waals surface area contributed by atoms with Crippen LogP contribution in [0.1, 0.15) is 22.3 Å². The first-order chi connectivity index (χ1) is 28.8. The molecule has 0 atom stereocenters. The van der Waals surface area contributed by atoms with Gasteiger partial charge in [-0.05, 0) is 105 Å². The zero-order valence-corrected chi connectivity index (χ0v) is 31.3. The van der Waals surface area contributed by atoms with Gasteiger partial charge in [0.2, 0.25) is 0 Å². The standard InChI is InChI=1S/C55H32N2O/c1-2-14-35(15-3-1)57-51-24-12-7-19-43(51)44-30-27-37(33-52(44)57)56(38-28-31-46-45-20-8-13-25-53(45)58-54(46)34-38)36-26-29-42-41-18-6-11-23-49(41)55(50(42)32-36)47-21-9-4-16-39(47)40-17-5-10-22-48(40)55/h2,4-34H. The second-order valence-corrected chi connectivity index (χ2v) is 15.5. The van der Waals surface area contributed by atoms with Crippen LogP contribution in [0.2, 0.25) is 0 Å². The molecule has 2 heterocycles. The summed E-state index contributed by atoms with van der Waals surface area (Å²) in [6.07, 6.45) is 6.06. The Hall–Kier alpha value is -7.80. The minimum absolute atomic E-state index is 0.458. The SMILES string of the molecule is C1=C=CC(n2c3ccccc3c3ccc(N(c4ccc5c(c4)C4(c6ccccc6-c6ccccc64)c4ccccc4-5)c4ccc5c(c4)oc4ccccc45)cc32)=CC=1. The minimum atomic E-state index is -0.458. The van der Waals surface area contributed by atoms with Gasteiger partial charge in [-0.15, -0.1) is 0 Å². The number of hydrogen-bond acceptors (Lipinski definition) is 2. The largest absolute Gasteiger partial charge is 0.456 e. The molecule has 0 saturated carbocycles. The lowest BCUT2D eigenvalue weighted by molar-refractivity contribution is 0.669. The Morgan fingerprint density at radius 1 is 0.431 bits per heavy atom. The smallest absolute Gasteiger partial charge is 0.137 e. The average molecular weight is 737 g/mol. The number of para-hydroxylation sites is 2. The van der Waals surface area contributed by atoms with E-state index in [9.17, 15) is 0 Å². The number of allylic oxidation sites excluding steroid dienone is 4. The Labute approximate surface area is 334 Å². The molecule has 0 bridgehead atoms. The van der Waals surface area contributed by atoms with E-state index >= 15 is 0 Å². The molecule has 0 radical (unpaired) electrons. The Balaban J connectivity index is 1.10. The van der Waals surface area contributed by atoms with Crippen LogP contribution in [0.3, 0.4) is 0 Å². The summed E-state index contributed by atoms with van der Waals surface area (Å²) in [7, 11) is 0. The molecule has 8 aromatic carbocycles. The van der Waals surface area contributed by atoms with E-state index in [0.29, 0.717) is 0 Å². The van der Waals surface area contributed by atoms with Crippen molar-refractivity contribution < 1.29 is 4.42 Å². The van der Waals surface area contributed by atoms with E-state index in [-0.39, 0.29) is 0 Å². The highest BCUT2D eigenvalue weighted by Gasteiger charge is 2.51. The molecule has 10 aromatic rings. The fourth-order valence-electron chi connectivity index (χ4n) is 10.4. The molecule has 2 aromatic heterocycles. The molecular formula is C55H32N2O. The van der Waals surface area contributed by atoms with E-state index in [1.165, 1.54) is 55.3 Å². The molecule has 0 fully saturated rings. The van der Waals surface area contributed by atoms with Crippen molar-refractivity contribution in [3.63, 3.8) is 0 Å². The van der Waals surface area contributed by atoms with Crippen molar-refractivity contribution in [2.75, 3.05) is 4.90 Å². The lowest BCUT2D eigenvalue weighted by atomic mass is 9.70. The molecule has 0 N–H and O–H groups in total. The van der Waals surface area contributed by atoms with E-state index < -0.39 is 5.41 Å². The number of rotatable bonds is 4. The third kappa shape index (κ3) is 4.08. The number of anilines is 3. The van der Waals surface area contributed by atoms with Gasteiger partial charge in [-0.1, -0.05) is 133 Å². The van der Waals surface area contributed by atoms with Gasteiger partial charge < -0.3 is 13.9 Å². The Kier molecular flexibility index (Phi) is 6.29. The van der Waals surface area contributed by atoms with Gasteiger partial charge >= 0.3 is 0 Å². The van der Waals surface area contributed by atoms with E-state index in [0.717, 1.165) is 55.7 Å². The Morgan fingerprint density at radius 3 is 1.71 bits per heavy atom. The van der Waals surface area contributed by atoms with Gasteiger partial charge in [0, 0.05) is 50.7 Å². The van der Waals surface area contributed by atoms with Crippen molar-refractivity contribution in [1.82, 2.24) is 4.57 Å². The van der Waals surface area contributed by atoms with Crippen molar-refractivity contribution in [3.05, 3.63) is 228 Å². The monoisotopic (exact) mass is 736 g/mol. The van der Waals surface area contributed by atoms with Gasteiger partial charge in [0.25, 0.3) is 0 Å². The van der Waals surface area contributed by atoms with E-state index in [2.05, 4.69) is 191 Å². The van der Waals surface area contributed by atoms with Crippen molar-refractivity contribution in [2.45, 2.75) is 5.41 Å². The van der Waals surface area contributed by atoms with Crippen molar-refractivity contribution in [3.8, 4) is 22.3 Å². The van der Waals surface area contributed by atoms with Crippen LogP contribution in [0, 0.1) is 0 Å². The number of aromatic nitrogens is 1. The molecule has 1 spiro atoms. The topological polar surface area (TPSA) is 21.3 Å². The fourth-order valence-corrected chi connectivity index (χ4v) is 10.4. The number of furan rings is 1. The summed E-state index contributed by atoms with van der Waals surface area (Å²) < 4.78 is 8.88. The molecule has 3 nitrogen and oxygen atoms in total. The van der Waals surface area contributed by atoms with Crippen LogP contribution in [0.15, 0.2) is 210 Å². The van der Waals surface area contributed by atoms with Crippen LogP contribution in [0.25, 0.3) is 71.7 Å². The van der Waals surface area contributed by atoms with Gasteiger partial charge in [-0.2, -0.15) is 0 Å². The first-order valence-corrected chi connectivity index (χ1v) is 19.8. The maximum Gasteiger partial charge on any atom is 0.137 e. The van der Waals surface area contributed by atoms with Gasteiger partial charge in [0.05, 0.1) is 22.1 Å². The van der Waals surface area contributed by atoms with Crippen LogP contribution in [0.5, 0.6) is 0 Å². The molecule has 13 rings (SSSR count). The summed E-state index contributed by atoms with van der Waals surface area (Å²) in [5, 5.41) is 4.63. The van der Waals surface area contributed by atoms with Crippen LogP contribution >= 0.6 is 0 Å². The molecule has 0 unspecified atom stereocenters. The van der Waals surface area contributed by atoms with E-state index in [4.69, 9.17) is 4.42 Å². The molecule has 0 amide bonds. The normalized spacial score (nSPS) is 14.0. The van der Waals surface area contributed by atoms with Gasteiger partial charge in [0.15, 0.2) is 0 Å². The van der Waals surface area contributed by atoms with Gasteiger partial charge in [-0.25, -0.2) is 0 Å². The minimum Gasteiger partial charge on any atom is -0.456 e.